The first-order valence-electron chi connectivity index (χ1n) is 9.33. The Hall–Kier alpha value is -3.47. The lowest BCUT2D eigenvalue weighted by Gasteiger charge is -2.19. The van der Waals surface area contributed by atoms with Crippen LogP contribution in [-0.2, 0) is 17.3 Å². The lowest BCUT2D eigenvalue weighted by atomic mass is 10.1. The topological polar surface area (TPSA) is 87.5 Å². The van der Waals surface area contributed by atoms with E-state index in [0.29, 0.717) is 16.9 Å². The minimum absolute atomic E-state index is 0.00107. The van der Waals surface area contributed by atoms with Crippen molar-refractivity contribution in [1.29, 1.82) is 0 Å². The number of nitrogens with zero attached hydrogens (tertiary/aromatic N) is 4. The van der Waals surface area contributed by atoms with Crippen LogP contribution in [0, 0.1) is 11.6 Å². The minimum Gasteiger partial charge on any atom is -0.349 e. The van der Waals surface area contributed by atoms with Gasteiger partial charge in [0.1, 0.15) is 17.3 Å². The Labute approximate surface area is 177 Å². The van der Waals surface area contributed by atoms with Crippen molar-refractivity contribution in [1.82, 2.24) is 15.1 Å². The molecular formula is C20H19F2N5O3S. The number of rotatable bonds is 5. The van der Waals surface area contributed by atoms with E-state index < -0.39 is 21.9 Å². The van der Waals surface area contributed by atoms with Crippen LogP contribution in [0.1, 0.15) is 10.5 Å². The van der Waals surface area contributed by atoms with Gasteiger partial charge in [-0.2, -0.15) is 13.5 Å². The molecule has 1 aliphatic rings. The highest BCUT2D eigenvalue weighted by Gasteiger charge is 2.37. The van der Waals surface area contributed by atoms with Crippen molar-refractivity contribution in [2.75, 3.05) is 28.7 Å². The number of benzene rings is 2. The van der Waals surface area contributed by atoms with Crippen LogP contribution in [-0.4, -0.2) is 44.2 Å². The number of amides is 1. The number of anilines is 2. The van der Waals surface area contributed by atoms with E-state index in [0.717, 1.165) is 14.7 Å². The highest BCUT2D eigenvalue weighted by Crippen LogP contribution is 2.39. The molecule has 0 unspecified atom stereocenters. The van der Waals surface area contributed by atoms with E-state index in [1.807, 2.05) is 0 Å². The maximum absolute atomic E-state index is 13.7. The molecule has 8 nitrogen and oxygen atoms in total. The summed E-state index contributed by atoms with van der Waals surface area (Å²) in [4.78, 5) is 12.6. The normalized spacial score (nSPS) is 14.6. The van der Waals surface area contributed by atoms with E-state index in [2.05, 4.69) is 10.4 Å². The molecule has 11 heteroatoms. The largest absolute Gasteiger partial charge is 0.349 e. The summed E-state index contributed by atoms with van der Waals surface area (Å²) >= 11 is 0. The maximum Gasteiger partial charge on any atom is 0.326 e. The van der Waals surface area contributed by atoms with Gasteiger partial charge < -0.3 is 5.32 Å². The van der Waals surface area contributed by atoms with E-state index >= 15 is 0 Å². The van der Waals surface area contributed by atoms with Gasteiger partial charge in [0, 0.05) is 32.3 Å². The van der Waals surface area contributed by atoms with Gasteiger partial charge in [-0.05, 0) is 42.5 Å². The number of halogens is 2. The van der Waals surface area contributed by atoms with Crippen LogP contribution in [0.4, 0.5) is 20.2 Å². The smallest absolute Gasteiger partial charge is 0.326 e. The van der Waals surface area contributed by atoms with Crippen LogP contribution in [0.3, 0.4) is 0 Å². The molecule has 0 atom stereocenters. The minimum atomic E-state index is -3.85. The zero-order chi connectivity index (χ0) is 22.3. The van der Waals surface area contributed by atoms with Gasteiger partial charge in [0.2, 0.25) is 0 Å². The first kappa shape index (κ1) is 20.8. The van der Waals surface area contributed by atoms with Crippen LogP contribution < -0.4 is 13.9 Å². The van der Waals surface area contributed by atoms with Crippen LogP contribution >= 0.6 is 0 Å². The van der Waals surface area contributed by atoms with Gasteiger partial charge in [-0.15, -0.1) is 0 Å². The van der Waals surface area contributed by atoms with Crippen LogP contribution in [0.2, 0.25) is 0 Å². The van der Waals surface area contributed by atoms with Crippen LogP contribution in [0.25, 0.3) is 11.3 Å². The summed E-state index contributed by atoms with van der Waals surface area (Å²) in [7, 11) is -0.863. The number of nitrogens with one attached hydrogen (secondary N) is 1. The Balaban J connectivity index is 1.47. The first-order chi connectivity index (χ1) is 14.7. The summed E-state index contributed by atoms with van der Waals surface area (Å²) in [5.74, 6) is -1.38. The Morgan fingerprint density at radius 2 is 1.68 bits per heavy atom. The molecule has 1 aliphatic heterocycles. The highest BCUT2D eigenvalue weighted by molar-refractivity contribution is 7.94. The number of aryl methyl sites for hydroxylation is 1. The van der Waals surface area contributed by atoms with E-state index in [1.165, 1.54) is 36.0 Å². The number of aromatic nitrogens is 2. The second kappa shape index (κ2) is 7.65. The Morgan fingerprint density at radius 1 is 1.00 bits per heavy atom. The average molecular weight is 447 g/mol. The van der Waals surface area contributed by atoms with Crippen molar-refractivity contribution in [3.05, 3.63) is 65.9 Å². The quantitative estimate of drug-likeness (QED) is 0.650. The molecule has 0 bridgehead atoms. The standard InChI is InChI=1S/C20H19F2N5O3S/c1-25-19(12-16(24-25)13-3-5-14(21)6-4-13)20(28)23-9-10-27-18-11-15(22)7-8-17(18)26(2)31(27,29)30/h3-8,11-12H,9-10H2,1-2H3,(H,23,28). The highest BCUT2D eigenvalue weighted by atomic mass is 32.2. The van der Waals surface area contributed by atoms with Gasteiger partial charge in [0.25, 0.3) is 5.91 Å². The van der Waals surface area contributed by atoms with Crippen molar-refractivity contribution in [3.8, 4) is 11.3 Å². The molecule has 2 heterocycles. The number of carbonyl (C=O) groups is 1. The van der Waals surface area contributed by atoms with Gasteiger partial charge in [-0.1, -0.05) is 0 Å². The van der Waals surface area contributed by atoms with Crippen molar-refractivity contribution in [2.24, 2.45) is 7.05 Å². The molecule has 1 amide bonds. The third-order valence-corrected chi connectivity index (χ3v) is 6.85. The summed E-state index contributed by atoms with van der Waals surface area (Å²) in [5, 5.41) is 6.93. The Bertz CT molecular complexity index is 1260. The number of fused-ring (bicyclic) bond motifs is 1. The predicted octanol–water partition coefficient (Wildman–Crippen LogP) is 2.30. The second-order valence-electron chi connectivity index (χ2n) is 6.98. The van der Waals surface area contributed by atoms with Crippen molar-refractivity contribution >= 4 is 27.5 Å². The number of hydrogen-bond acceptors (Lipinski definition) is 4. The summed E-state index contributed by atoms with van der Waals surface area (Å²) in [6.07, 6.45) is 0. The predicted molar refractivity (Wildman–Crippen MR) is 112 cm³/mol. The third kappa shape index (κ3) is 3.72. The monoisotopic (exact) mass is 447 g/mol. The maximum atomic E-state index is 13.7. The third-order valence-electron chi connectivity index (χ3n) is 5.02. The summed E-state index contributed by atoms with van der Waals surface area (Å²) in [6.45, 7) is -0.0730. The van der Waals surface area contributed by atoms with Crippen molar-refractivity contribution in [3.63, 3.8) is 0 Å². The molecule has 162 valence electrons. The summed E-state index contributed by atoms with van der Waals surface area (Å²) in [5.41, 5.74) is 1.99. The lowest BCUT2D eigenvalue weighted by molar-refractivity contribution is 0.0945. The molecule has 0 fully saturated rings. The van der Waals surface area contributed by atoms with E-state index in [1.54, 1.807) is 25.2 Å². The van der Waals surface area contributed by atoms with Crippen LogP contribution in [0.15, 0.2) is 48.5 Å². The summed E-state index contributed by atoms with van der Waals surface area (Å²) < 4.78 is 55.5. The summed E-state index contributed by atoms with van der Waals surface area (Å²) in [6, 6.07) is 11.0. The molecule has 31 heavy (non-hydrogen) atoms. The molecule has 2 aromatic carbocycles. The fourth-order valence-corrected chi connectivity index (χ4v) is 4.81. The fraction of sp³-hybridized carbons (Fsp3) is 0.200. The molecule has 0 radical (unpaired) electrons. The molecule has 3 aromatic rings. The van der Waals surface area contributed by atoms with Gasteiger partial charge in [-0.25, -0.2) is 13.1 Å². The lowest BCUT2D eigenvalue weighted by Crippen LogP contribution is -2.41. The molecule has 0 spiro atoms. The molecule has 0 saturated heterocycles. The van der Waals surface area contributed by atoms with E-state index in [-0.39, 0.29) is 30.3 Å². The molecule has 1 aromatic heterocycles. The van der Waals surface area contributed by atoms with Gasteiger partial charge in [-0.3, -0.25) is 13.8 Å². The molecule has 4 rings (SSSR count). The van der Waals surface area contributed by atoms with Crippen molar-refractivity contribution < 1.29 is 22.0 Å². The zero-order valence-corrected chi connectivity index (χ0v) is 17.5. The molecule has 1 N–H and O–H groups in total. The average Bonchev–Trinajstić information content (AvgIpc) is 3.19. The molecule has 0 aliphatic carbocycles. The SMILES string of the molecule is CN1c2ccc(F)cc2N(CCNC(=O)c2cc(-c3ccc(F)cc3)nn2C)S1(=O)=O. The van der Waals surface area contributed by atoms with E-state index in [4.69, 9.17) is 0 Å². The van der Waals surface area contributed by atoms with E-state index in [9.17, 15) is 22.0 Å². The Morgan fingerprint density at radius 3 is 2.39 bits per heavy atom. The molecular weight excluding hydrogens is 428 g/mol. The second-order valence-corrected chi connectivity index (χ2v) is 8.87. The zero-order valence-electron chi connectivity index (χ0n) is 16.7. The van der Waals surface area contributed by atoms with Gasteiger partial charge in [0.05, 0.1) is 23.6 Å². The number of hydrogen-bond donors (Lipinski definition) is 1. The number of carbonyl (C=O) groups excluding carboxylic acids is 1. The first-order valence-corrected chi connectivity index (χ1v) is 10.7. The molecule has 0 saturated carbocycles. The van der Waals surface area contributed by atoms with Gasteiger partial charge in [0.15, 0.2) is 0 Å². The van der Waals surface area contributed by atoms with Gasteiger partial charge >= 0.3 is 10.2 Å². The Kier molecular flexibility index (Phi) is 5.13. The fourth-order valence-electron chi connectivity index (χ4n) is 3.40. The van der Waals surface area contributed by atoms with Crippen molar-refractivity contribution in [2.45, 2.75) is 0 Å². The van der Waals surface area contributed by atoms with Crippen LogP contribution in [0.5, 0.6) is 0 Å².